The Morgan fingerprint density at radius 1 is 1.11 bits per heavy atom. The van der Waals surface area contributed by atoms with Crippen LogP contribution in [0.1, 0.15) is 30.2 Å². The summed E-state index contributed by atoms with van der Waals surface area (Å²) in [6.45, 7) is 3.67. The number of rotatable bonds is 3. The lowest BCUT2D eigenvalue weighted by molar-refractivity contribution is -0.140. The molecule has 14 heteroatoms. The van der Waals surface area contributed by atoms with Gasteiger partial charge >= 0.3 is 6.18 Å². The van der Waals surface area contributed by atoms with Crippen molar-refractivity contribution in [3.63, 3.8) is 0 Å². The van der Waals surface area contributed by atoms with Gasteiger partial charge in [-0.25, -0.2) is 19.5 Å². The topological polar surface area (TPSA) is 91.6 Å². The highest BCUT2D eigenvalue weighted by Crippen LogP contribution is 2.43. The Bertz CT molecular complexity index is 1760. The summed E-state index contributed by atoms with van der Waals surface area (Å²) < 4.78 is 46.6. The van der Waals surface area contributed by atoms with Crippen molar-refractivity contribution in [2.75, 3.05) is 0 Å². The van der Waals surface area contributed by atoms with E-state index in [4.69, 9.17) is 11.6 Å². The first-order valence-electron chi connectivity index (χ1n) is 10.4. The zero-order valence-corrected chi connectivity index (χ0v) is 20.0. The summed E-state index contributed by atoms with van der Waals surface area (Å²) in [6, 6.07) is 0.735. The Balaban J connectivity index is 1.63. The van der Waals surface area contributed by atoms with Gasteiger partial charge in [0.05, 0.1) is 22.9 Å². The predicted molar refractivity (Wildman–Crippen MR) is 124 cm³/mol. The summed E-state index contributed by atoms with van der Waals surface area (Å²) in [5, 5.41) is 13.9. The third-order valence-corrected chi connectivity index (χ3v) is 7.20. The van der Waals surface area contributed by atoms with Crippen molar-refractivity contribution in [2.24, 2.45) is 7.05 Å². The average molecular weight is 518 g/mol. The molecule has 0 N–H and O–H groups in total. The number of hydrogen-bond donors (Lipinski definition) is 0. The van der Waals surface area contributed by atoms with E-state index >= 15 is 0 Å². The van der Waals surface area contributed by atoms with E-state index in [2.05, 4.69) is 30.2 Å². The Labute approximate surface area is 203 Å². The fourth-order valence-electron chi connectivity index (χ4n) is 3.99. The minimum Gasteiger partial charge on any atom is -0.272 e. The molecular weight excluding hydrogens is 503 g/mol. The maximum absolute atomic E-state index is 13.7. The molecule has 35 heavy (non-hydrogen) atoms. The molecule has 6 rings (SSSR count). The van der Waals surface area contributed by atoms with Gasteiger partial charge in [0.15, 0.2) is 11.5 Å². The summed E-state index contributed by atoms with van der Waals surface area (Å²) in [4.78, 5) is 13.4. The summed E-state index contributed by atoms with van der Waals surface area (Å²) in [6.07, 6.45) is 1.63. The summed E-state index contributed by atoms with van der Waals surface area (Å²) >= 11 is 7.09. The summed E-state index contributed by atoms with van der Waals surface area (Å²) in [7, 11) is 1.74. The summed E-state index contributed by atoms with van der Waals surface area (Å²) in [5.41, 5.74) is 1.68. The van der Waals surface area contributed by atoms with E-state index in [1.165, 1.54) is 17.0 Å². The van der Waals surface area contributed by atoms with Crippen molar-refractivity contribution in [3.8, 4) is 11.1 Å². The largest absolute Gasteiger partial charge is 0.433 e. The van der Waals surface area contributed by atoms with Crippen molar-refractivity contribution in [1.29, 1.82) is 0 Å². The van der Waals surface area contributed by atoms with Crippen LogP contribution in [0.4, 0.5) is 13.2 Å². The lowest BCUT2D eigenvalue weighted by Crippen LogP contribution is -2.09. The highest BCUT2D eigenvalue weighted by atomic mass is 35.5. The van der Waals surface area contributed by atoms with E-state index in [0.29, 0.717) is 43.2 Å². The zero-order chi connectivity index (χ0) is 24.6. The van der Waals surface area contributed by atoms with E-state index in [1.54, 1.807) is 35.7 Å². The van der Waals surface area contributed by atoms with Crippen LogP contribution in [0, 0.1) is 6.92 Å². The highest BCUT2D eigenvalue weighted by molar-refractivity contribution is 7.26. The van der Waals surface area contributed by atoms with Crippen molar-refractivity contribution >= 4 is 49.0 Å². The summed E-state index contributed by atoms with van der Waals surface area (Å²) in [5.74, 6) is 0.462. The Hall–Kier alpha value is -3.58. The third kappa shape index (κ3) is 3.37. The van der Waals surface area contributed by atoms with Crippen LogP contribution in [-0.4, -0.2) is 44.1 Å². The Morgan fingerprint density at radius 3 is 2.57 bits per heavy atom. The minimum absolute atomic E-state index is 0.213. The molecule has 0 aliphatic carbocycles. The molecule has 0 bridgehead atoms. The molecule has 0 amide bonds. The number of hydrogen-bond acceptors (Lipinski definition) is 7. The number of aryl methyl sites for hydroxylation is 1. The van der Waals surface area contributed by atoms with E-state index in [1.807, 2.05) is 6.92 Å². The second-order valence-corrected chi connectivity index (χ2v) is 9.51. The molecule has 0 aromatic carbocycles. The number of halogens is 4. The maximum Gasteiger partial charge on any atom is 0.433 e. The first kappa shape index (κ1) is 21.9. The minimum atomic E-state index is -4.61. The number of thiophene rings is 1. The van der Waals surface area contributed by atoms with Crippen molar-refractivity contribution in [3.05, 3.63) is 53.2 Å². The molecule has 0 fully saturated rings. The van der Waals surface area contributed by atoms with Gasteiger partial charge in [-0.15, -0.1) is 16.4 Å². The molecule has 0 saturated carbocycles. The molecule has 6 heterocycles. The highest BCUT2D eigenvalue weighted by Gasteiger charge is 2.35. The van der Waals surface area contributed by atoms with Crippen LogP contribution in [0.2, 0.25) is 5.02 Å². The fraction of sp³-hybridized carbons (Fsp3) is 0.238. The van der Waals surface area contributed by atoms with Gasteiger partial charge in [0, 0.05) is 29.9 Å². The normalized spacial score (nSPS) is 13.5. The fourth-order valence-corrected chi connectivity index (χ4v) is 5.26. The number of fused-ring (bicyclic) bond motifs is 5. The van der Waals surface area contributed by atoms with Gasteiger partial charge in [-0.05, 0) is 25.5 Å². The molecular formula is C21H15ClF3N9S. The number of nitrogens with zero attached hydrogens (tertiary/aromatic N) is 9. The Morgan fingerprint density at radius 2 is 1.91 bits per heavy atom. The van der Waals surface area contributed by atoms with Crippen molar-refractivity contribution in [1.82, 2.24) is 44.1 Å². The van der Waals surface area contributed by atoms with Gasteiger partial charge in [0.1, 0.15) is 27.6 Å². The lowest BCUT2D eigenvalue weighted by atomic mass is 10.0. The van der Waals surface area contributed by atoms with Gasteiger partial charge in [0.25, 0.3) is 0 Å². The molecule has 0 aliphatic rings. The predicted octanol–water partition coefficient (Wildman–Crippen LogP) is 5.07. The molecule has 1 atom stereocenters. The molecule has 178 valence electrons. The smallest absolute Gasteiger partial charge is 0.272 e. The molecule has 6 aromatic heterocycles. The van der Waals surface area contributed by atoms with Crippen LogP contribution >= 0.6 is 22.9 Å². The Kier molecular flexibility index (Phi) is 4.67. The van der Waals surface area contributed by atoms with Crippen LogP contribution in [0.3, 0.4) is 0 Å². The second-order valence-electron chi connectivity index (χ2n) is 8.08. The van der Waals surface area contributed by atoms with Crippen LogP contribution < -0.4 is 0 Å². The second kappa shape index (κ2) is 7.46. The molecule has 0 unspecified atom stereocenters. The molecule has 9 nitrogen and oxygen atoms in total. The zero-order valence-electron chi connectivity index (χ0n) is 18.4. The number of alkyl halides is 3. The van der Waals surface area contributed by atoms with E-state index in [-0.39, 0.29) is 10.9 Å². The van der Waals surface area contributed by atoms with Crippen molar-refractivity contribution in [2.45, 2.75) is 26.1 Å². The maximum atomic E-state index is 13.7. The number of aromatic nitrogens is 9. The quantitative estimate of drug-likeness (QED) is 0.325. The molecule has 6 aromatic rings. The average Bonchev–Trinajstić information content (AvgIpc) is 3.57. The molecule has 0 spiro atoms. The monoisotopic (exact) mass is 517 g/mol. The first-order chi connectivity index (χ1) is 16.6. The molecule has 0 aliphatic heterocycles. The van der Waals surface area contributed by atoms with Crippen LogP contribution in [-0.2, 0) is 13.2 Å². The SMILES string of the molecule is Cc1c(-c2cc(C(F)(F)F)nc3sc4c(ncn5nc([C@H](C)n6cc(Cl)cn6)nc45)c23)cnn1C. The van der Waals surface area contributed by atoms with E-state index in [9.17, 15) is 13.2 Å². The number of pyridine rings is 1. The van der Waals surface area contributed by atoms with Gasteiger partial charge in [-0.1, -0.05) is 11.6 Å². The lowest BCUT2D eigenvalue weighted by Gasteiger charge is -2.10. The van der Waals surface area contributed by atoms with Gasteiger partial charge in [-0.3, -0.25) is 9.36 Å². The van der Waals surface area contributed by atoms with Gasteiger partial charge < -0.3 is 0 Å². The van der Waals surface area contributed by atoms with Gasteiger partial charge in [-0.2, -0.15) is 23.4 Å². The first-order valence-corrected chi connectivity index (χ1v) is 11.6. The third-order valence-electron chi connectivity index (χ3n) is 5.94. The van der Waals surface area contributed by atoms with E-state index < -0.39 is 11.9 Å². The van der Waals surface area contributed by atoms with Crippen LogP contribution in [0.5, 0.6) is 0 Å². The molecule has 0 radical (unpaired) electrons. The van der Waals surface area contributed by atoms with Crippen molar-refractivity contribution < 1.29 is 13.2 Å². The van der Waals surface area contributed by atoms with Crippen LogP contribution in [0.15, 0.2) is 31.0 Å². The van der Waals surface area contributed by atoms with E-state index in [0.717, 1.165) is 23.1 Å². The standard InChI is InChI=1S/C21H15ClF3N9S/c1-9-13(6-27-32(9)3)12-4-14(21(23,24)25)29-20-15(12)16-17(35-20)19-30-18(31-34(19)8-26-16)10(2)33-7-11(22)5-28-33/h4-8,10H,1-3H3/t10-/m0/s1. The molecule has 0 saturated heterocycles. The van der Waals surface area contributed by atoms with Crippen LogP contribution in [0.25, 0.3) is 37.2 Å². The van der Waals surface area contributed by atoms with Gasteiger partial charge in [0.2, 0.25) is 0 Å².